The molecule has 0 radical (unpaired) electrons. The molecular formula is C16H17N3O3S. The largest absolute Gasteiger partial charge is 0.322 e. The molecule has 1 heterocycles. The summed E-state index contributed by atoms with van der Waals surface area (Å²) < 4.78 is 25.3. The Hall–Kier alpha value is -2.41. The summed E-state index contributed by atoms with van der Waals surface area (Å²) in [5.41, 5.74) is 1.69. The zero-order chi connectivity index (χ0) is 16.4. The fraction of sp³-hybridized carbons (Fsp3) is 0.250. The first-order valence-corrected chi connectivity index (χ1v) is 9.11. The molecule has 0 saturated heterocycles. The highest BCUT2D eigenvalue weighted by Crippen LogP contribution is 2.34. The number of pyridine rings is 1. The normalized spacial score (nSPS) is 14.3. The molecule has 0 bridgehead atoms. The quantitative estimate of drug-likeness (QED) is 0.911. The van der Waals surface area contributed by atoms with Gasteiger partial charge in [-0.2, -0.15) is 0 Å². The van der Waals surface area contributed by atoms with Gasteiger partial charge in [-0.15, -0.1) is 0 Å². The number of aromatic nitrogens is 1. The van der Waals surface area contributed by atoms with E-state index in [2.05, 4.69) is 10.3 Å². The van der Waals surface area contributed by atoms with Crippen LogP contribution < -0.4 is 9.62 Å². The van der Waals surface area contributed by atoms with Gasteiger partial charge >= 0.3 is 0 Å². The van der Waals surface area contributed by atoms with E-state index in [1.54, 1.807) is 42.6 Å². The van der Waals surface area contributed by atoms with Crippen LogP contribution in [-0.2, 0) is 10.0 Å². The monoisotopic (exact) mass is 331 g/mol. The molecule has 1 aromatic carbocycles. The predicted octanol–water partition coefficient (Wildman–Crippen LogP) is 2.26. The van der Waals surface area contributed by atoms with E-state index in [1.165, 1.54) is 16.8 Å². The van der Waals surface area contributed by atoms with Crippen molar-refractivity contribution in [3.63, 3.8) is 0 Å². The molecule has 0 spiro atoms. The molecule has 0 aliphatic heterocycles. The Kier molecular flexibility index (Phi) is 4.04. The molecule has 1 amide bonds. The van der Waals surface area contributed by atoms with Crippen molar-refractivity contribution in [3.8, 4) is 0 Å². The summed E-state index contributed by atoms with van der Waals surface area (Å²) >= 11 is 0. The highest BCUT2D eigenvalue weighted by molar-refractivity contribution is 7.92. The zero-order valence-corrected chi connectivity index (χ0v) is 13.5. The molecule has 7 heteroatoms. The lowest BCUT2D eigenvalue weighted by Gasteiger charge is -2.22. The van der Waals surface area contributed by atoms with Gasteiger partial charge in [-0.1, -0.05) is 0 Å². The number of nitrogens with zero attached hydrogens (tertiary/aromatic N) is 2. The van der Waals surface area contributed by atoms with Gasteiger partial charge in [0, 0.05) is 24.1 Å². The predicted molar refractivity (Wildman–Crippen MR) is 89.0 cm³/mol. The summed E-state index contributed by atoms with van der Waals surface area (Å²) in [7, 11) is -3.30. The summed E-state index contributed by atoms with van der Waals surface area (Å²) in [5, 5.41) is 2.76. The van der Waals surface area contributed by atoms with Gasteiger partial charge in [-0.25, -0.2) is 8.42 Å². The molecule has 0 unspecified atom stereocenters. The molecule has 1 N–H and O–H groups in total. The Morgan fingerprint density at radius 2 is 1.91 bits per heavy atom. The number of anilines is 2. The second kappa shape index (κ2) is 6.00. The lowest BCUT2D eigenvalue weighted by Crippen LogP contribution is -2.31. The Bertz CT molecular complexity index is 800. The first kappa shape index (κ1) is 15.5. The Balaban J connectivity index is 1.76. The zero-order valence-electron chi connectivity index (χ0n) is 12.6. The summed E-state index contributed by atoms with van der Waals surface area (Å²) in [6, 6.07) is 10.2. The van der Waals surface area contributed by atoms with Gasteiger partial charge in [0.1, 0.15) is 0 Å². The summed E-state index contributed by atoms with van der Waals surface area (Å²) in [6.45, 7) is 0. The smallest absolute Gasteiger partial charge is 0.257 e. The van der Waals surface area contributed by atoms with Crippen LogP contribution in [0, 0.1) is 0 Å². The van der Waals surface area contributed by atoms with E-state index in [-0.39, 0.29) is 11.9 Å². The van der Waals surface area contributed by atoms with Gasteiger partial charge in [0.25, 0.3) is 5.91 Å². The molecule has 23 heavy (non-hydrogen) atoms. The van der Waals surface area contributed by atoms with E-state index in [4.69, 9.17) is 0 Å². The minimum Gasteiger partial charge on any atom is -0.322 e. The Morgan fingerprint density at radius 3 is 2.43 bits per heavy atom. The molecule has 1 aliphatic rings. The van der Waals surface area contributed by atoms with Crippen LogP contribution in [-0.4, -0.2) is 31.6 Å². The molecule has 3 rings (SSSR count). The van der Waals surface area contributed by atoms with Crippen molar-refractivity contribution >= 4 is 27.3 Å². The fourth-order valence-corrected chi connectivity index (χ4v) is 3.63. The number of hydrogen-bond acceptors (Lipinski definition) is 4. The van der Waals surface area contributed by atoms with Crippen LogP contribution in [0.3, 0.4) is 0 Å². The van der Waals surface area contributed by atoms with Crippen LogP contribution in [0.1, 0.15) is 23.2 Å². The molecule has 2 aromatic rings. The number of carbonyl (C=O) groups is 1. The SMILES string of the molecule is CS(=O)(=O)N(c1ccc(NC(=O)c2cccnc2)cc1)C1CC1. The van der Waals surface area contributed by atoms with Crippen molar-refractivity contribution in [2.45, 2.75) is 18.9 Å². The Morgan fingerprint density at radius 1 is 1.22 bits per heavy atom. The van der Waals surface area contributed by atoms with Crippen molar-refractivity contribution in [2.75, 3.05) is 15.9 Å². The van der Waals surface area contributed by atoms with Crippen LogP contribution >= 0.6 is 0 Å². The molecule has 1 aliphatic carbocycles. The van der Waals surface area contributed by atoms with E-state index in [9.17, 15) is 13.2 Å². The van der Waals surface area contributed by atoms with Crippen LogP contribution in [0.25, 0.3) is 0 Å². The average Bonchev–Trinajstić information content (AvgIpc) is 3.33. The summed E-state index contributed by atoms with van der Waals surface area (Å²) in [6.07, 6.45) is 6.06. The third-order valence-electron chi connectivity index (χ3n) is 3.54. The highest BCUT2D eigenvalue weighted by atomic mass is 32.2. The van der Waals surface area contributed by atoms with E-state index >= 15 is 0 Å². The minimum atomic E-state index is -3.30. The first-order valence-electron chi connectivity index (χ1n) is 7.26. The molecule has 0 atom stereocenters. The number of sulfonamides is 1. The van der Waals surface area contributed by atoms with Crippen molar-refractivity contribution in [1.29, 1.82) is 0 Å². The molecule has 6 nitrogen and oxygen atoms in total. The topological polar surface area (TPSA) is 79.4 Å². The number of benzene rings is 1. The van der Waals surface area contributed by atoms with Gasteiger partial charge in [0.05, 0.1) is 17.5 Å². The van der Waals surface area contributed by atoms with Crippen molar-refractivity contribution in [2.24, 2.45) is 0 Å². The van der Waals surface area contributed by atoms with E-state index in [0.717, 1.165) is 12.8 Å². The van der Waals surface area contributed by atoms with Crippen molar-refractivity contribution < 1.29 is 13.2 Å². The number of hydrogen-bond donors (Lipinski definition) is 1. The number of nitrogens with one attached hydrogen (secondary N) is 1. The van der Waals surface area contributed by atoms with Crippen LogP contribution in [0.4, 0.5) is 11.4 Å². The number of amides is 1. The molecule has 1 fully saturated rings. The second-order valence-electron chi connectivity index (χ2n) is 5.53. The van der Waals surface area contributed by atoms with Gasteiger partial charge in [0.2, 0.25) is 10.0 Å². The van der Waals surface area contributed by atoms with Gasteiger partial charge in [-0.3, -0.25) is 14.1 Å². The molecule has 120 valence electrons. The molecular weight excluding hydrogens is 314 g/mol. The maximum absolute atomic E-state index is 12.1. The third kappa shape index (κ3) is 3.68. The minimum absolute atomic E-state index is 0.0563. The maximum Gasteiger partial charge on any atom is 0.257 e. The number of carbonyl (C=O) groups excluding carboxylic acids is 1. The van der Waals surface area contributed by atoms with E-state index in [1.807, 2.05) is 0 Å². The summed E-state index contributed by atoms with van der Waals surface area (Å²) in [4.78, 5) is 16.0. The molecule has 1 saturated carbocycles. The number of rotatable bonds is 5. The van der Waals surface area contributed by atoms with Gasteiger partial charge in [0.15, 0.2) is 0 Å². The lowest BCUT2D eigenvalue weighted by atomic mass is 10.2. The van der Waals surface area contributed by atoms with Gasteiger partial charge < -0.3 is 5.32 Å². The highest BCUT2D eigenvalue weighted by Gasteiger charge is 2.35. The fourth-order valence-electron chi connectivity index (χ4n) is 2.37. The Labute approximate surface area is 135 Å². The average molecular weight is 331 g/mol. The van der Waals surface area contributed by atoms with Crippen LogP contribution in [0.5, 0.6) is 0 Å². The lowest BCUT2D eigenvalue weighted by molar-refractivity contribution is 0.102. The van der Waals surface area contributed by atoms with Crippen LogP contribution in [0.2, 0.25) is 0 Å². The van der Waals surface area contributed by atoms with Crippen LogP contribution in [0.15, 0.2) is 48.8 Å². The van der Waals surface area contributed by atoms with Crippen molar-refractivity contribution in [1.82, 2.24) is 4.98 Å². The van der Waals surface area contributed by atoms with Gasteiger partial charge in [-0.05, 0) is 49.2 Å². The van der Waals surface area contributed by atoms with Crippen molar-refractivity contribution in [3.05, 3.63) is 54.4 Å². The summed E-state index contributed by atoms with van der Waals surface area (Å²) in [5.74, 6) is -0.256. The third-order valence-corrected chi connectivity index (χ3v) is 4.76. The second-order valence-corrected chi connectivity index (χ2v) is 7.39. The first-order chi connectivity index (χ1) is 10.9. The van der Waals surface area contributed by atoms with E-state index < -0.39 is 10.0 Å². The molecule has 1 aromatic heterocycles. The van der Waals surface area contributed by atoms with E-state index in [0.29, 0.717) is 16.9 Å². The standard InChI is InChI=1S/C16H17N3O3S/c1-23(21,22)19(15-8-9-15)14-6-4-13(5-7-14)18-16(20)12-3-2-10-17-11-12/h2-7,10-11,15H,8-9H2,1H3,(H,18,20). The maximum atomic E-state index is 12.1.